The van der Waals surface area contributed by atoms with Crippen molar-refractivity contribution in [3.63, 3.8) is 0 Å². The summed E-state index contributed by atoms with van der Waals surface area (Å²) in [6, 6.07) is 1.74. The van der Waals surface area contributed by atoms with E-state index in [4.69, 9.17) is 9.47 Å². The van der Waals surface area contributed by atoms with Crippen LogP contribution in [0.1, 0.15) is 16.7 Å². The van der Waals surface area contributed by atoms with Gasteiger partial charge in [-0.3, -0.25) is 0 Å². The van der Waals surface area contributed by atoms with Crippen molar-refractivity contribution >= 4 is 21.4 Å². The zero-order valence-corrected chi connectivity index (χ0v) is 14.0. The second-order valence-corrected chi connectivity index (χ2v) is 7.91. The second-order valence-electron chi connectivity index (χ2n) is 4.83. The van der Waals surface area contributed by atoms with Crippen LogP contribution in [-0.4, -0.2) is 47.4 Å². The van der Waals surface area contributed by atoms with Crippen LogP contribution in [-0.2, 0) is 26.0 Å². The molecule has 21 heavy (non-hydrogen) atoms. The molecule has 1 aromatic rings. The van der Waals surface area contributed by atoms with Gasteiger partial charge >= 0.3 is 0 Å². The monoisotopic (exact) mass is 334 g/mol. The fraction of sp³-hybridized carbons (Fsp3) is 0.692. The number of thiophene rings is 1. The van der Waals surface area contributed by atoms with E-state index in [1.165, 1.54) is 11.3 Å². The zero-order chi connectivity index (χ0) is 15.3. The van der Waals surface area contributed by atoms with Gasteiger partial charge in [-0.1, -0.05) is 6.92 Å². The number of nitrogens with one attached hydrogen (secondary N) is 2. The van der Waals surface area contributed by atoms with E-state index in [9.17, 15) is 8.42 Å². The molecule has 1 saturated heterocycles. The summed E-state index contributed by atoms with van der Waals surface area (Å²) in [4.78, 5) is 2.18. The molecule has 2 rings (SSSR count). The Hall–Kier alpha value is -0.510. The second kappa shape index (κ2) is 7.66. The maximum atomic E-state index is 12.4. The summed E-state index contributed by atoms with van der Waals surface area (Å²) >= 11 is 1.51. The maximum absolute atomic E-state index is 12.4. The van der Waals surface area contributed by atoms with E-state index in [1.54, 1.807) is 6.07 Å². The van der Waals surface area contributed by atoms with Crippen molar-refractivity contribution in [3.8, 4) is 0 Å². The predicted molar refractivity (Wildman–Crippen MR) is 82.2 cm³/mol. The minimum atomic E-state index is -3.50. The van der Waals surface area contributed by atoms with Crippen LogP contribution in [0.4, 0.5) is 0 Å². The molecule has 1 aliphatic heterocycles. The van der Waals surface area contributed by atoms with Gasteiger partial charge < -0.3 is 14.8 Å². The summed E-state index contributed by atoms with van der Waals surface area (Å²) in [6.45, 7) is 7.14. The van der Waals surface area contributed by atoms with Gasteiger partial charge in [0, 0.05) is 22.8 Å². The summed E-state index contributed by atoms with van der Waals surface area (Å²) < 4.78 is 38.0. The van der Waals surface area contributed by atoms with Crippen molar-refractivity contribution in [2.75, 3.05) is 32.9 Å². The Kier molecular flexibility index (Phi) is 6.15. The van der Waals surface area contributed by atoms with E-state index < -0.39 is 10.0 Å². The maximum Gasteiger partial charge on any atom is 0.241 e. The fourth-order valence-corrected chi connectivity index (χ4v) is 4.73. The first-order valence-corrected chi connectivity index (χ1v) is 9.32. The van der Waals surface area contributed by atoms with Crippen LogP contribution in [0.2, 0.25) is 0 Å². The average molecular weight is 334 g/mol. The number of hydrogen-bond acceptors (Lipinski definition) is 6. The minimum Gasteiger partial charge on any atom is -0.376 e. The molecular formula is C13H22N2O4S2. The third kappa shape index (κ3) is 4.73. The molecule has 0 radical (unpaired) electrons. The highest BCUT2D eigenvalue weighted by Gasteiger charge is 2.22. The summed E-state index contributed by atoms with van der Waals surface area (Å²) in [6.07, 6.45) is -0.214. The Morgan fingerprint density at radius 3 is 2.90 bits per heavy atom. The Morgan fingerprint density at radius 2 is 2.24 bits per heavy atom. The Morgan fingerprint density at radius 1 is 1.43 bits per heavy atom. The third-order valence-corrected chi connectivity index (χ3v) is 5.88. The van der Waals surface area contributed by atoms with Crippen molar-refractivity contribution in [3.05, 3.63) is 15.8 Å². The summed E-state index contributed by atoms with van der Waals surface area (Å²) in [5.74, 6) is 0. The molecule has 2 heterocycles. The fourth-order valence-electron chi connectivity index (χ4n) is 2.06. The van der Waals surface area contributed by atoms with Gasteiger partial charge in [0.15, 0.2) is 0 Å². The highest BCUT2D eigenvalue weighted by molar-refractivity contribution is 7.89. The molecule has 6 nitrogen and oxygen atoms in total. The van der Waals surface area contributed by atoms with Gasteiger partial charge in [0.05, 0.1) is 30.8 Å². The highest BCUT2D eigenvalue weighted by Crippen LogP contribution is 2.25. The molecule has 0 amide bonds. The number of ether oxygens (including phenoxy) is 2. The molecule has 120 valence electrons. The van der Waals surface area contributed by atoms with E-state index in [0.29, 0.717) is 31.3 Å². The summed E-state index contributed by atoms with van der Waals surface area (Å²) in [5.41, 5.74) is 0. The first-order chi connectivity index (χ1) is 10.0. The van der Waals surface area contributed by atoms with E-state index in [2.05, 4.69) is 10.0 Å². The third-order valence-electron chi connectivity index (χ3n) is 3.15. The molecule has 1 aromatic heterocycles. The van der Waals surface area contributed by atoms with Gasteiger partial charge in [-0.2, -0.15) is 0 Å². The Labute approximate surface area is 129 Å². The smallest absolute Gasteiger partial charge is 0.241 e. The van der Waals surface area contributed by atoms with Crippen LogP contribution >= 0.6 is 11.3 Å². The van der Waals surface area contributed by atoms with Crippen LogP contribution in [0.25, 0.3) is 0 Å². The van der Waals surface area contributed by atoms with Crippen molar-refractivity contribution in [2.45, 2.75) is 31.4 Å². The van der Waals surface area contributed by atoms with E-state index >= 15 is 0 Å². The van der Waals surface area contributed by atoms with Crippen LogP contribution in [0.15, 0.2) is 11.0 Å². The van der Waals surface area contributed by atoms with Crippen molar-refractivity contribution in [2.24, 2.45) is 0 Å². The number of sulfonamides is 1. The molecule has 1 atom stereocenters. The SMILES string of the molecule is CCNCc1cc(S(=O)(=O)NCC2COCCO2)c(C)s1. The molecule has 2 N–H and O–H groups in total. The van der Waals surface area contributed by atoms with Gasteiger partial charge in [0.2, 0.25) is 10.0 Å². The topological polar surface area (TPSA) is 76.7 Å². The largest absolute Gasteiger partial charge is 0.376 e. The first kappa shape index (κ1) is 16.9. The standard InChI is InChI=1S/C13H22N2O4S2/c1-3-14-8-12-6-13(10(2)20-12)21(16,17)15-7-11-9-18-4-5-19-11/h6,11,14-15H,3-5,7-9H2,1-2H3. The number of hydrogen-bond donors (Lipinski definition) is 2. The van der Waals surface area contributed by atoms with Crippen molar-refractivity contribution in [1.29, 1.82) is 0 Å². The molecule has 8 heteroatoms. The predicted octanol–water partition coefficient (Wildman–Crippen LogP) is 0.860. The molecule has 0 aromatic carbocycles. The lowest BCUT2D eigenvalue weighted by atomic mass is 10.3. The minimum absolute atomic E-state index is 0.214. The van der Waals surface area contributed by atoms with Gasteiger partial charge in [-0.15, -0.1) is 11.3 Å². The van der Waals surface area contributed by atoms with Crippen LogP contribution in [0, 0.1) is 6.92 Å². The lowest BCUT2D eigenvalue weighted by Gasteiger charge is -2.23. The zero-order valence-electron chi connectivity index (χ0n) is 12.3. The van der Waals surface area contributed by atoms with Gasteiger partial charge in [0.25, 0.3) is 0 Å². The van der Waals surface area contributed by atoms with E-state index in [-0.39, 0.29) is 12.6 Å². The Balaban J connectivity index is 1.99. The molecule has 0 aliphatic carbocycles. The highest BCUT2D eigenvalue weighted by atomic mass is 32.2. The van der Waals surface area contributed by atoms with Gasteiger partial charge in [-0.25, -0.2) is 13.1 Å². The quantitative estimate of drug-likeness (QED) is 0.773. The van der Waals surface area contributed by atoms with Crippen molar-refractivity contribution < 1.29 is 17.9 Å². The molecule has 0 saturated carbocycles. The molecule has 1 aliphatic rings. The summed E-state index contributed by atoms with van der Waals surface area (Å²) in [5, 5.41) is 3.20. The average Bonchev–Trinajstić information content (AvgIpc) is 2.86. The van der Waals surface area contributed by atoms with Crippen molar-refractivity contribution in [1.82, 2.24) is 10.0 Å². The molecular weight excluding hydrogens is 312 g/mol. The molecule has 1 fully saturated rings. The molecule has 0 spiro atoms. The van der Waals surface area contributed by atoms with Crippen LogP contribution < -0.4 is 10.0 Å². The Bertz CT molecular complexity index is 551. The van der Waals surface area contributed by atoms with Gasteiger partial charge in [-0.05, 0) is 19.5 Å². The van der Waals surface area contributed by atoms with E-state index in [0.717, 1.165) is 16.3 Å². The van der Waals surface area contributed by atoms with Gasteiger partial charge in [0.1, 0.15) is 0 Å². The lowest BCUT2D eigenvalue weighted by molar-refractivity contribution is -0.0846. The molecule has 1 unspecified atom stereocenters. The number of rotatable bonds is 7. The lowest BCUT2D eigenvalue weighted by Crippen LogP contribution is -2.39. The summed E-state index contributed by atoms with van der Waals surface area (Å²) in [7, 11) is -3.50. The normalized spacial score (nSPS) is 19.8. The number of aryl methyl sites for hydroxylation is 1. The molecule has 0 bridgehead atoms. The first-order valence-electron chi connectivity index (χ1n) is 7.02. The van der Waals surface area contributed by atoms with Crippen LogP contribution in [0.5, 0.6) is 0 Å². The van der Waals surface area contributed by atoms with Crippen LogP contribution in [0.3, 0.4) is 0 Å². The van der Waals surface area contributed by atoms with E-state index in [1.807, 2.05) is 13.8 Å².